The van der Waals surface area contributed by atoms with Gasteiger partial charge >= 0.3 is 0 Å². The fourth-order valence-electron chi connectivity index (χ4n) is 3.78. The van der Waals surface area contributed by atoms with Crippen molar-refractivity contribution in [2.45, 2.75) is 31.2 Å². The van der Waals surface area contributed by atoms with E-state index in [9.17, 15) is 9.59 Å². The Labute approximate surface area is 174 Å². The number of rotatable bonds is 5. The number of carbonyl (C=O) groups excluding carboxylic acids is 2. The van der Waals surface area contributed by atoms with E-state index in [1.54, 1.807) is 17.0 Å². The van der Waals surface area contributed by atoms with Crippen LogP contribution in [0.5, 0.6) is 0 Å². The Hall–Kier alpha value is -3.48. The molecule has 1 saturated carbocycles. The summed E-state index contributed by atoms with van der Waals surface area (Å²) >= 11 is 0. The van der Waals surface area contributed by atoms with Gasteiger partial charge in [-0.15, -0.1) is 0 Å². The molecule has 0 bridgehead atoms. The van der Waals surface area contributed by atoms with Crippen LogP contribution in [0.25, 0.3) is 11.4 Å². The third kappa shape index (κ3) is 3.96. The van der Waals surface area contributed by atoms with Gasteiger partial charge in [0.25, 0.3) is 5.91 Å². The minimum atomic E-state index is -0.152. The molecule has 5 rings (SSSR count). The lowest BCUT2D eigenvalue weighted by molar-refractivity contribution is -0.124. The van der Waals surface area contributed by atoms with Gasteiger partial charge < -0.3 is 14.7 Å². The molecule has 0 spiro atoms. The summed E-state index contributed by atoms with van der Waals surface area (Å²) in [5, 5.41) is 7.03. The third-order valence-electron chi connectivity index (χ3n) is 5.51. The first-order valence-electron chi connectivity index (χ1n) is 10.2. The topological polar surface area (TPSA) is 88.3 Å². The first-order valence-corrected chi connectivity index (χ1v) is 10.2. The van der Waals surface area contributed by atoms with Gasteiger partial charge in [0.15, 0.2) is 0 Å². The summed E-state index contributed by atoms with van der Waals surface area (Å²) in [5.41, 5.74) is 2.48. The molecular formula is C23H22N4O3. The summed E-state index contributed by atoms with van der Waals surface area (Å²) in [6, 6.07) is 17.0. The molecule has 0 radical (unpaired) electrons. The molecule has 7 nitrogen and oxygen atoms in total. The van der Waals surface area contributed by atoms with Crippen LogP contribution < -0.4 is 5.32 Å². The molecule has 2 aromatic carbocycles. The lowest BCUT2D eigenvalue weighted by Crippen LogP contribution is -2.56. The smallest absolute Gasteiger partial charge is 0.254 e. The zero-order chi connectivity index (χ0) is 20.5. The van der Waals surface area contributed by atoms with Crippen LogP contribution in [0, 0.1) is 0 Å². The normalized spacial score (nSPS) is 18.9. The first-order chi connectivity index (χ1) is 14.7. The van der Waals surface area contributed by atoms with E-state index in [2.05, 4.69) is 15.5 Å². The van der Waals surface area contributed by atoms with E-state index >= 15 is 0 Å². The number of hydrogen-bond donors (Lipinski definition) is 1. The number of nitrogens with zero attached hydrogens (tertiary/aromatic N) is 3. The van der Waals surface area contributed by atoms with Crippen molar-refractivity contribution in [2.75, 3.05) is 13.1 Å². The van der Waals surface area contributed by atoms with Gasteiger partial charge in [-0.05, 0) is 37.0 Å². The van der Waals surface area contributed by atoms with E-state index in [1.165, 1.54) is 0 Å². The molecular weight excluding hydrogens is 380 g/mol. The zero-order valence-electron chi connectivity index (χ0n) is 16.5. The SMILES string of the molecule is O=C1CN(C(=O)c2ccc(-c3noc(C4CC4)n3)cc2)C[C@H](Cc2ccccc2)N1. The fraction of sp³-hybridized carbons (Fsp3) is 0.304. The molecule has 1 N–H and O–H groups in total. The highest BCUT2D eigenvalue weighted by Gasteiger charge is 2.30. The van der Waals surface area contributed by atoms with Crippen molar-refractivity contribution in [1.82, 2.24) is 20.4 Å². The van der Waals surface area contributed by atoms with Crippen molar-refractivity contribution >= 4 is 11.8 Å². The highest BCUT2D eigenvalue weighted by Crippen LogP contribution is 2.39. The second kappa shape index (κ2) is 7.74. The van der Waals surface area contributed by atoms with E-state index in [4.69, 9.17) is 4.52 Å². The molecule has 2 fully saturated rings. The molecule has 2 amide bonds. The van der Waals surface area contributed by atoms with Gasteiger partial charge in [-0.25, -0.2) is 0 Å². The summed E-state index contributed by atoms with van der Waals surface area (Å²) in [4.78, 5) is 31.2. The molecule has 3 aromatic rings. The Morgan fingerprint density at radius 2 is 1.87 bits per heavy atom. The molecule has 0 unspecified atom stereocenters. The number of nitrogens with one attached hydrogen (secondary N) is 1. The van der Waals surface area contributed by atoms with Gasteiger partial charge in [-0.3, -0.25) is 9.59 Å². The molecule has 152 valence electrons. The van der Waals surface area contributed by atoms with Crippen LogP contribution in [-0.2, 0) is 11.2 Å². The molecule has 2 heterocycles. The zero-order valence-corrected chi connectivity index (χ0v) is 16.5. The van der Waals surface area contributed by atoms with Crippen LogP contribution in [0.1, 0.15) is 40.6 Å². The van der Waals surface area contributed by atoms with Crippen molar-refractivity contribution in [3.05, 3.63) is 71.6 Å². The van der Waals surface area contributed by atoms with Gasteiger partial charge in [0, 0.05) is 23.6 Å². The highest BCUT2D eigenvalue weighted by atomic mass is 16.5. The monoisotopic (exact) mass is 402 g/mol. The van der Waals surface area contributed by atoms with Gasteiger partial charge in [-0.1, -0.05) is 47.6 Å². The minimum Gasteiger partial charge on any atom is -0.350 e. The predicted octanol–water partition coefficient (Wildman–Crippen LogP) is 2.80. The average Bonchev–Trinajstić information content (AvgIpc) is 3.50. The van der Waals surface area contributed by atoms with Crippen LogP contribution in [0.2, 0.25) is 0 Å². The summed E-state index contributed by atoms with van der Waals surface area (Å²) in [6.07, 6.45) is 2.89. The Balaban J connectivity index is 1.27. The van der Waals surface area contributed by atoms with Crippen LogP contribution >= 0.6 is 0 Å². The van der Waals surface area contributed by atoms with Gasteiger partial charge in [0.2, 0.25) is 17.6 Å². The number of benzene rings is 2. The standard InChI is InChI=1S/C23H22N4O3/c28-20-14-27(13-19(24-20)12-15-4-2-1-3-5-15)23(29)18-10-6-16(7-11-18)21-25-22(30-26-21)17-8-9-17/h1-7,10-11,17,19H,8-9,12-14H2,(H,24,28)/t19-/m0/s1. The van der Waals surface area contributed by atoms with Crippen molar-refractivity contribution in [1.29, 1.82) is 0 Å². The largest absolute Gasteiger partial charge is 0.350 e. The number of aromatic nitrogens is 2. The van der Waals surface area contributed by atoms with E-state index in [1.807, 2.05) is 42.5 Å². The number of hydrogen-bond acceptors (Lipinski definition) is 5. The summed E-state index contributed by atoms with van der Waals surface area (Å²) in [5.74, 6) is 1.35. The Morgan fingerprint density at radius 1 is 1.10 bits per heavy atom. The van der Waals surface area contributed by atoms with Crippen molar-refractivity contribution < 1.29 is 14.1 Å². The quantitative estimate of drug-likeness (QED) is 0.709. The first kappa shape index (κ1) is 18.5. The molecule has 1 aliphatic carbocycles. The maximum absolute atomic E-state index is 13.0. The highest BCUT2D eigenvalue weighted by molar-refractivity contribution is 5.97. The van der Waals surface area contributed by atoms with E-state index in [0.29, 0.717) is 36.2 Å². The Morgan fingerprint density at radius 3 is 2.60 bits per heavy atom. The lowest BCUT2D eigenvalue weighted by atomic mass is 10.0. The molecule has 2 aliphatic rings. The maximum atomic E-state index is 13.0. The van der Waals surface area contributed by atoms with Crippen LogP contribution in [-0.4, -0.2) is 46.0 Å². The third-order valence-corrected chi connectivity index (χ3v) is 5.51. The summed E-state index contributed by atoms with van der Waals surface area (Å²) in [7, 11) is 0. The molecule has 1 aromatic heterocycles. The molecule has 1 aliphatic heterocycles. The van der Waals surface area contributed by atoms with Crippen LogP contribution in [0.3, 0.4) is 0 Å². The van der Waals surface area contributed by atoms with Crippen LogP contribution in [0.4, 0.5) is 0 Å². The number of carbonyl (C=O) groups is 2. The fourth-order valence-corrected chi connectivity index (χ4v) is 3.78. The second-order valence-electron chi connectivity index (χ2n) is 7.95. The predicted molar refractivity (Wildman–Crippen MR) is 110 cm³/mol. The Bertz CT molecular complexity index is 1060. The molecule has 1 saturated heterocycles. The van der Waals surface area contributed by atoms with Crippen molar-refractivity contribution in [3.63, 3.8) is 0 Å². The van der Waals surface area contributed by atoms with Crippen molar-refractivity contribution in [3.8, 4) is 11.4 Å². The van der Waals surface area contributed by atoms with Gasteiger partial charge in [0.1, 0.15) is 0 Å². The second-order valence-corrected chi connectivity index (χ2v) is 7.95. The molecule has 30 heavy (non-hydrogen) atoms. The Kier molecular flexibility index (Phi) is 4.78. The van der Waals surface area contributed by atoms with Crippen molar-refractivity contribution in [2.24, 2.45) is 0 Å². The van der Waals surface area contributed by atoms with Crippen LogP contribution in [0.15, 0.2) is 59.1 Å². The van der Waals surface area contributed by atoms with E-state index in [-0.39, 0.29) is 24.4 Å². The van der Waals surface area contributed by atoms with E-state index in [0.717, 1.165) is 24.0 Å². The minimum absolute atomic E-state index is 0.0709. The molecule has 1 atom stereocenters. The van der Waals surface area contributed by atoms with E-state index < -0.39 is 0 Å². The molecule has 7 heteroatoms. The summed E-state index contributed by atoms with van der Waals surface area (Å²) < 4.78 is 5.31. The van der Waals surface area contributed by atoms with Gasteiger partial charge in [0.05, 0.1) is 12.6 Å². The number of amides is 2. The lowest BCUT2D eigenvalue weighted by Gasteiger charge is -2.33. The average molecular weight is 402 g/mol. The summed E-state index contributed by atoms with van der Waals surface area (Å²) in [6.45, 7) is 0.554. The maximum Gasteiger partial charge on any atom is 0.254 e. The van der Waals surface area contributed by atoms with Gasteiger partial charge in [-0.2, -0.15) is 4.98 Å². The number of piperazine rings is 1.